The highest BCUT2D eigenvalue weighted by Crippen LogP contribution is 2.23. The largest absolute Gasteiger partial charge is 0.481 e. The fourth-order valence-electron chi connectivity index (χ4n) is 3.84. The van der Waals surface area contributed by atoms with Gasteiger partial charge in [0.05, 0.1) is 28.4 Å². The molecule has 0 aliphatic rings. The average Bonchev–Trinajstić information content (AvgIpc) is 3.22. The molecular formula is C25H24N8O4. The van der Waals surface area contributed by atoms with Crippen molar-refractivity contribution in [2.45, 2.75) is 13.0 Å². The lowest BCUT2D eigenvalue weighted by atomic mass is 10.1. The molecule has 0 unspecified atom stereocenters. The van der Waals surface area contributed by atoms with Gasteiger partial charge >= 0.3 is 5.97 Å². The number of pyridine rings is 1. The summed E-state index contributed by atoms with van der Waals surface area (Å²) in [5.74, 6) is -0.637. The van der Waals surface area contributed by atoms with Crippen LogP contribution in [0.2, 0.25) is 0 Å². The number of fused-ring (bicyclic) bond motifs is 1. The first-order chi connectivity index (χ1) is 17.8. The molecule has 0 radical (unpaired) electrons. The normalized spacial score (nSPS) is 10.7. The number of nitrogen functional groups attached to an aromatic ring is 1. The predicted octanol–water partition coefficient (Wildman–Crippen LogP) is 3.06. The summed E-state index contributed by atoms with van der Waals surface area (Å²) < 4.78 is 1.80. The van der Waals surface area contributed by atoms with E-state index in [-0.39, 0.29) is 25.3 Å². The van der Waals surface area contributed by atoms with Gasteiger partial charge in [0.15, 0.2) is 0 Å². The van der Waals surface area contributed by atoms with Crippen molar-refractivity contribution in [3.63, 3.8) is 0 Å². The Morgan fingerprint density at radius 2 is 1.84 bits per heavy atom. The van der Waals surface area contributed by atoms with Gasteiger partial charge in [-0.1, -0.05) is 6.07 Å². The van der Waals surface area contributed by atoms with Gasteiger partial charge < -0.3 is 15.4 Å². The van der Waals surface area contributed by atoms with E-state index in [1.807, 2.05) is 0 Å². The summed E-state index contributed by atoms with van der Waals surface area (Å²) >= 11 is 0. The van der Waals surface area contributed by atoms with Crippen LogP contribution in [0.3, 0.4) is 0 Å². The fraction of sp³-hybridized carbons (Fsp3) is 0.160. The first-order valence-corrected chi connectivity index (χ1v) is 11.2. The molecule has 4 rings (SSSR count). The molecule has 0 spiro atoms. The van der Waals surface area contributed by atoms with Crippen LogP contribution in [0.1, 0.15) is 28.2 Å². The molecule has 1 amide bonds. The Morgan fingerprint density at radius 3 is 2.46 bits per heavy atom. The van der Waals surface area contributed by atoms with Crippen LogP contribution in [0.5, 0.6) is 0 Å². The summed E-state index contributed by atoms with van der Waals surface area (Å²) in [5, 5.41) is 21.0. The highest BCUT2D eigenvalue weighted by molar-refractivity contribution is 6.07. The van der Waals surface area contributed by atoms with Gasteiger partial charge in [0.25, 0.3) is 5.91 Å². The number of anilines is 2. The molecule has 4 N–H and O–H groups in total. The minimum absolute atomic E-state index is 0.0426. The quantitative estimate of drug-likeness (QED) is 0.129. The van der Waals surface area contributed by atoms with Crippen LogP contribution in [-0.4, -0.2) is 43.9 Å². The van der Waals surface area contributed by atoms with Crippen molar-refractivity contribution in [2.24, 2.45) is 18.1 Å². The maximum Gasteiger partial charge on any atom is 0.305 e. The minimum atomic E-state index is -1.03. The molecule has 188 valence electrons. The molecule has 0 aliphatic carbocycles. The van der Waals surface area contributed by atoms with E-state index in [9.17, 15) is 14.5 Å². The van der Waals surface area contributed by atoms with Crippen molar-refractivity contribution in [1.29, 1.82) is 5.41 Å². The van der Waals surface area contributed by atoms with E-state index < -0.39 is 11.9 Å². The molecule has 0 saturated carbocycles. The molecule has 4 aromatic rings. The number of carboxylic acid groups (broad SMARTS) is 1. The molecule has 12 heteroatoms. The highest BCUT2D eigenvalue weighted by Gasteiger charge is 2.21. The Kier molecular flexibility index (Phi) is 7.19. The molecule has 0 aliphatic heterocycles. The van der Waals surface area contributed by atoms with Crippen LogP contribution in [0, 0.1) is 10.3 Å². The molecule has 2 aromatic carbocycles. The molecule has 0 fully saturated rings. The molecule has 2 heterocycles. The highest BCUT2D eigenvalue weighted by atomic mass is 16.4. The van der Waals surface area contributed by atoms with Gasteiger partial charge in [-0.3, -0.25) is 19.9 Å². The number of aliphatic carboxylic acids is 1. The smallest absolute Gasteiger partial charge is 0.305 e. The number of rotatable bonds is 10. The Balaban J connectivity index is 1.62. The monoisotopic (exact) mass is 500 g/mol. The van der Waals surface area contributed by atoms with E-state index >= 15 is 0 Å². The third-order valence-electron chi connectivity index (χ3n) is 5.81. The van der Waals surface area contributed by atoms with Crippen LogP contribution in [-0.2, 0) is 18.4 Å². The topological polar surface area (TPSA) is 171 Å². The number of hydrogen-bond acceptors (Lipinski definition) is 7. The number of carbonyl (C=O) groups excluding carboxylic acids is 1. The zero-order valence-corrected chi connectivity index (χ0v) is 19.9. The van der Waals surface area contributed by atoms with Crippen LogP contribution in [0.15, 0.2) is 72.1 Å². The summed E-state index contributed by atoms with van der Waals surface area (Å²) in [7, 11) is 1.79. The Labute approximate surface area is 211 Å². The number of aryl methyl sites for hydroxylation is 1. The summed E-state index contributed by atoms with van der Waals surface area (Å²) in [6, 6.07) is 16.6. The average molecular weight is 501 g/mol. The molecule has 12 nitrogen and oxygen atoms in total. The summed E-state index contributed by atoms with van der Waals surface area (Å²) in [4.78, 5) is 46.2. The third-order valence-corrected chi connectivity index (χ3v) is 5.81. The number of amidine groups is 1. The lowest BCUT2D eigenvalue weighted by Gasteiger charge is -2.21. The first kappa shape index (κ1) is 25.0. The number of imidazole rings is 1. The lowest BCUT2D eigenvalue weighted by molar-refractivity contribution is -0.136. The van der Waals surface area contributed by atoms with Gasteiger partial charge in [0.1, 0.15) is 24.0 Å². The zero-order chi connectivity index (χ0) is 26.5. The number of carbonyl (C=O) groups is 2. The zero-order valence-electron chi connectivity index (χ0n) is 19.9. The predicted molar refractivity (Wildman–Crippen MR) is 138 cm³/mol. The van der Waals surface area contributed by atoms with E-state index in [4.69, 9.17) is 16.2 Å². The Morgan fingerprint density at radius 1 is 1.11 bits per heavy atom. The van der Waals surface area contributed by atoms with Crippen LogP contribution < -0.4 is 15.6 Å². The Bertz CT molecular complexity index is 1470. The number of carboxylic acids is 1. The van der Waals surface area contributed by atoms with Gasteiger partial charge in [-0.05, 0) is 54.6 Å². The fourth-order valence-corrected chi connectivity index (χ4v) is 3.84. The maximum atomic E-state index is 13.3. The van der Waals surface area contributed by atoms with Crippen molar-refractivity contribution in [1.82, 2.24) is 14.5 Å². The van der Waals surface area contributed by atoms with Crippen molar-refractivity contribution >= 4 is 40.3 Å². The summed E-state index contributed by atoms with van der Waals surface area (Å²) in [5.41, 5.74) is 8.10. The van der Waals surface area contributed by atoms with Gasteiger partial charge in [0.2, 0.25) is 0 Å². The van der Waals surface area contributed by atoms with E-state index in [0.29, 0.717) is 34.0 Å². The van der Waals surface area contributed by atoms with E-state index in [2.05, 4.69) is 15.3 Å². The third kappa shape index (κ3) is 5.42. The molecule has 2 aromatic heterocycles. The first-order valence-electron chi connectivity index (χ1n) is 11.2. The van der Waals surface area contributed by atoms with E-state index in [1.165, 1.54) is 16.1 Å². The molecule has 0 bridgehead atoms. The summed E-state index contributed by atoms with van der Waals surface area (Å²) in [6.45, 7) is 0.0229. The van der Waals surface area contributed by atoms with E-state index in [0.717, 1.165) is 5.52 Å². The van der Waals surface area contributed by atoms with Crippen molar-refractivity contribution in [2.75, 3.05) is 16.5 Å². The number of nitrogens with two attached hydrogens (primary N) is 1. The number of nitroso groups, excluding NO2 is 1. The number of amides is 1. The van der Waals surface area contributed by atoms with E-state index in [1.54, 1.807) is 72.3 Å². The van der Waals surface area contributed by atoms with Crippen molar-refractivity contribution in [3.05, 3.63) is 88.7 Å². The minimum Gasteiger partial charge on any atom is -0.481 e. The number of hydrogen-bond donors (Lipinski definition) is 3. The number of nitrogens with one attached hydrogen (secondary N) is 1. The van der Waals surface area contributed by atoms with Gasteiger partial charge in [-0.15, -0.1) is 4.91 Å². The SMILES string of the molecule is Cn1c(CN(N=O)c2ccc(C(=N)N)cc2)nc2cc(C(=O)N(CCC(=O)O)c3ccccn3)ccc21. The van der Waals surface area contributed by atoms with Gasteiger partial charge in [0, 0.05) is 30.9 Å². The molecule has 0 saturated heterocycles. The molecule has 37 heavy (non-hydrogen) atoms. The van der Waals surface area contributed by atoms with Crippen LogP contribution in [0.4, 0.5) is 11.5 Å². The second-order valence-electron chi connectivity index (χ2n) is 8.18. The second-order valence-corrected chi connectivity index (χ2v) is 8.18. The lowest BCUT2D eigenvalue weighted by Crippen LogP contribution is -2.33. The standard InChI is InChI=1S/C25H24N8O4/c1-31-20-10-7-17(25(36)32(13-11-23(34)35)21-4-2-3-12-28-21)14-19(20)29-22(31)15-33(30-37)18-8-5-16(6-9-18)24(26)27/h2-10,12,14H,11,13,15H2,1H3,(H3,26,27)(H,34,35). The van der Waals surface area contributed by atoms with Crippen LogP contribution >= 0.6 is 0 Å². The molecule has 0 atom stereocenters. The Hall–Kier alpha value is -5.13. The van der Waals surface area contributed by atoms with Crippen LogP contribution in [0.25, 0.3) is 11.0 Å². The van der Waals surface area contributed by atoms with Gasteiger partial charge in [-0.2, -0.15) is 0 Å². The maximum absolute atomic E-state index is 13.3. The number of aromatic nitrogens is 3. The number of benzene rings is 2. The van der Waals surface area contributed by atoms with Crippen molar-refractivity contribution in [3.8, 4) is 0 Å². The van der Waals surface area contributed by atoms with Crippen molar-refractivity contribution < 1.29 is 14.7 Å². The number of nitrogens with zero attached hydrogens (tertiary/aromatic N) is 6. The summed E-state index contributed by atoms with van der Waals surface area (Å²) in [6.07, 6.45) is 1.30. The molecular weight excluding hydrogens is 476 g/mol. The van der Waals surface area contributed by atoms with Gasteiger partial charge in [-0.25, -0.2) is 15.0 Å². The second kappa shape index (κ2) is 10.6.